The molecule has 0 N–H and O–H groups in total. The smallest absolute Gasteiger partial charge is 0.145 e. The van der Waals surface area contributed by atoms with Crippen LogP contribution in [-0.4, -0.2) is 9.55 Å². The highest BCUT2D eigenvalue weighted by Gasteiger charge is 2.20. The molecule has 0 fully saturated rings. The maximum absolute atomic E-state index is 9.61. The molecule has 0 spiro atoms. The van der Waals surface area contributed by atoms with E-state index in [1.807, 2.05) is 59.2 Å². The summed E-state index contributed by atoms with van der Waals surface area (Å²) in [5.74, 6) is 0.498. The number of aromatic nitrogens is 2. The van der Waals surface area contributed by atoms with Gasteiger partial charge in [-0.2, -0.15) is 0 Å². The molecule has 0 saturated heterocycles. The molecule has 1 heterocycles. The highest BCUT2D eigenvalue weighted by atomic mass is 15.1. The van der Waals surface area contributed by atoms with Crippen molar-refractivity contribution >= 4 is 32.6 Å². The van der Waals surface area contributed by atoms with Gasteiger partial charge >= 0.3 is 0 Å². The third kappa shape index (κ3) is 5.40. The van der Waals surface area contributed by atoms with Gasteiger partial charge in [-0.15, -0.1) is 0 Å². The van der Waals surface area contributed by atoms with Crippen LogP contribution in [0.15, 0.2) is 206 Å². The fraction of sp³-hybridized carbons (Fsp3) is 0. The Balaban J connectivity index is 1.40. The largest absolute Gasteiger partial charge is 0.292 e. The first-order valence-corrected chi connectivity index (χ1v) is 16.7. The number of para-hydroxylation sites is 3. The summed E-state index contributed by atoms with van der Waals surface area (Å²) in [6, 6.07) is 15.9. The molecule has 0 bridgehead atoms. The molecule has 0 aliphatic carbocycles. The molecule has 1 aromatic heterocycles. The Kier molecular flexibility index (Phi) is 4.26. The second-order valence-electron chi connectivity index (χ2n) is 12.2. The lowest BCUT2D eigenvalue weighted by Crippen LogP contribution is -1.97. The molecule has 0 amide bonds. The standard InChI is InChI=1S/C51H34N2/c1-4-17-35(18-5-1)39-32-40(36-19-6-2-7-20-36)34-41(33-39)50-45-27-12-10-25-43(45)49(44-26-11-13-28-46(44)50)37-21-16-22-38(31-37)51-52-47-29-14-15-30-48(47)53(51)42-23-8-3-9-24-42/h1-34H/i1D,2D,4D,5D,6D,7D,10D,11D,12D,13D,17D,18D,19D,20D,25D,26D,27D,28D. The van der Waals surface area contributed by atoms with E-state index in [1.165, 1.54) is 18.2 Å². The SMILES string of the molecule is [2H]c1c([2H])c([2H])c(-c2cc(-c3c([2H])c([2H])c([2H])c([2H])c3[2H])cc(-c3c4c([2H])c([2H])c([2H])c([2H])c4c(-c4cccc(-c5nc6ccccc6n5-c5ccccc5)c4)c4c([2H])c([2H])c([2H])c([2H])c34)c2)c([2H])c1[2H]. The lowest BCUT2D eigenvalue weighted by Gasteiger charge is -2.19. The van der Waals surface area contributed by atoms with Crippen LogP contribution < -0.4 is 0 Å². The number of fused-ring (bicyclic) bond motifs is 3. The van der Waals surface area contributed by atoms with Gasteiger partial charge in [0.2, 0.25) is 0 Å². The average Bonchev–Trinajstić information content (AvgIpc) is 3.77. The lowest BCUT2D eigenvalue weighted by molar-refractivity contribution is 1.10. The first-order valence-electron chi connectivity index (χ1n) is 25.7. The zero-order valence-corrected chi connectivity index (χ0v) is 27.6. The van der Waals surface area contributed by atoms with Gasteiger partial charge in [0.05, 0.1) is 35.7 Å². The molecule has 10 aromatic rings. The number of benzene rings is 9. The summed E-state index contributed by atoms with van der Waals surface area (Å²) in [6.45, 7) is 0. The van der Waals surface area contributed by atoms with Crippen LogP contribution >= 0.6 is 0 Å². The molecule has 53 heavy (non-hydrogen) atoms. The molecule has 10 rings (SSSR count). The van der Waals surface area contributed by atoms with Crippen LogP contribution in [-0.2, 0) is 0 Å². The third-order valence-electron chi connectivity index (χ3n) is 9.16. The molecular formula is C51H34N2. The summed E-state index contributed by atoms with van der Waals surface area (Å²) in [4.78, 5) is 5.01. The fourth-order valence-electron chi connectivity index (χ4n) is 6.92. The highest BCUT2D eigenvalue weighted by Crippen LogP contribution is 2.46. The highest BCUT2D eigenvalue weighted by molar-refractivity contribution is 6.21. The van der Waals surface area contributed by atoms with E-state index in [0.29, 0.717) is 22.5 Å². The summed E-state index contributed by atoms with van der Waals surface area (Å²) < 4.78 is 163. The number of hydrogen-bond donors (Lipinski definition) is 0. The van der Waals surface area contributed by atoms with Crippen LogP contribution in [0.25, 0.3) is 94.2 Å². The Morgan fingerprint density at radius 2 is 0.849 bits per heavy atom. The normalized spacial score (nSPS) is 16.2. The molecule has 0 unspecified atom stereocenters. The molecule has 0 aliphatic rings. The van der Waals surface area contributed by atoms with Crippen LogP contribution in [0, 0.1) is 0 Å². The van der Waals surface area contributed by atoms with E-state index in [4.69, 9.17) is 24.2 Å². The van der Waals surface area contributed by atoms with Gasteiger partial charge in [-0.3, -0.25) is 4.57 Å². The Morgan fingerprint density at radius 3 is 1.45 bits per heavy atom. The number of imidazole rings is 1. The summed E-state index contributed by atoms with van der Waals surface area (Å²) in [5, 5.41) is -0.768. The van der Waals surface area contributed by atoms with Crippen LogP contribution in [0.1, 0.15) is 24.7 Å². The fourth-order valence-corrected chi connectivity index (χ4v) is 6.92. The van der Waals surface area contributed by atoms with Crippen molar-refractivity contribution in [1.82, 2.24) is 9.55 Å². The molecule has 2 heteroatoms. The Labute approximate surface area is 334 Å². The van der Waals surface area contributed by atoms with Gasteiger partial charge in [-0.05, 0) is 115 Å². The minimum atomic E-state index is -0.708. The number of hydrogen-bond acceptors (Lipinski definition) is 1. The second kappa shape index (κ2) is 12.9. The molecule has 9 aromatic carbocycles. The molecule has 0 radical (unpaired) electrons. The van der Waals surface area contributed by atoms with E-state index in [-0.39, 0.29) is 60.5 Å². The molecule has 2 nitrogen and oxygen atoms in total. The molecule has 0 saturated carbocycles. The van der Waals surface area contributed by atoms with Crippen molar-refractivity contribution in [2.45, 2.75) is 0 Å². The van der Waals surface area contributed by atoms with Crippen molar-refractivity contribution in [3.05, 3.63) is 206 Å². The predicted molar refractivity (Wildman–Crippen MR) is 223 cm³/mol. The summed E-state index contributed by atoms with van der Waals surface area (Å²) >= 11 is 0. The quantitative estimate of drug-likeness (QED) is 0.159. The van der Waals surface area contributed by atoms with E-state index < -0.39 is 109 Å². The van der Waals surface area contributed by atoms with Crippen molar-refractivity contribution in [3.8, 4) is 61.6 Å². The zero-order chi connectivity index (χ0) is 50.8. The van der Waals surface area contributed by atoms with Crippen molar-refractivity contribution in [2.24, 2.45) is 0 Å². The average molecular weight is 693 g/mol. The van der Waals surface area contributed by atoms with Gasteiger partial charge in [0.25, 0.3) is 0 Å². The molecule has 248 valence electrons. The van der Waals surface area contributed by atoms with Crippen molar-refractivity contribution in [2.75, 3.05) is 0 Å². The molecule has 0 atom stereocenters. The van der Waals surface area contributed by atoms with Gasteiger partial charge in [-0.1, -0.05) is 157 Å². The van der Waals surface area contributed by atoms with E-state index in [1.54, 1.807) is 24.3 Å². The topological polar surface area (TPSA) is 17.8 Å². The Morgan fingerprint density at radius 1 is 0.377 bits per heavy atom. The van der Waals surface area contributed by atoms with Crippen LogP contribution in [0.2, 0.25) is 0 Å². The van der Waals surface area contributed by atoms with Crippen LogP contribution in [0.3, 0.4) is 0 Å². The van der Waals surface area contributed by atoms with E-state index >= 15 is 0 Å². The first-order chi connectivity index (χ1) is 33.8. The Bertz CT molecular complexity index is 3750. The minimum absolute atomic E-state index is 0.0228. The van der Waals surface area contributed by atoms with E-state index in [2.05, 4.69) is 0 Å². The summed E-state index contributed by atoms with van der Waals surface area (Å²) in [6.07, 6.45) is 0. The Hall–Kier alpha value is -7.03. The first kappa shape index (κ1) is 17.5. The molecular weight excluding hydrogens is 641 g/mol. The summed E-state index contributed by atoms with van der Waals surface area (Å²) in [7, 11) is 0. The predicted octanol–water partition coefficient (Wildman–Crippen LogP) is 13.7. The zero-order valence-electron chi connectivity index (χ0n) is 45.6. The van der Waals surface area contributed by atoms with Crippen molar-refractivity contribution in [3.63, 3.8) is 0 Å². The number of nitrogens with zero attached hydrogens (tertiary/aromatic N) is 2. The van der Waals surface area contributed by atoms with E-state index in [0.717, 1.165) is 11.2 Å². The second-order valence-corrected chi connectivity index (χ2v) is 12.2. The van der Waals surface area contributed by atoms with Crippen molar-refractivity contribution < 1.29 is 24.7 Å². The maximum Gasteiger partial charge on any atom is 0.145 e. The third-order valence-corrected chi connectivity index (χ3v) is 9.16. The van der Waals surface area contributed by atoms with Crippen LogP contribution in [0.5, 0.6) is 0 Å². The van der Waals surface area contributed by atoms with E-state index in [9.17, 15) is 5.48 Å². The summed E-state index contributed by atoms with van der Waals surface area (Å²) in [5.41, 5.74) is 1.82. The van der Waals surface area contributed by atoms with Gasteiger partial charge in [0, 0.05) is 11.3 Å². The lowest BCUT2D eigenvalue weighted by atomic mass is 9.84. The monoisotopic (exact) mass is 692 g/mol. The van der Waals surface area contributed by atoms with Gasteiger partial charge in [0.15, 0.2) is 0 Å². The van der Waals surface area contributed by atoms with Gasteiger partial charge in [0.1, 0.15) is 5.82 Å². The number of rotatable bonds is 6. The maximum atomic E-state index is 9.61. The van der Waals surface area contributed by atoms with Crippen molar-refractivity contribution in [1.29, 1.82) is 0 Å². The van der Waals surface area contributed by atoms with Gasteiger partial charge < -0.3 is 0 Å². The van der Waals surface area contributed by atoms with Gasteiger partial charge in [-0.25, -0.2) is 4.98 Å². The minimum Gasteiger partial charge on any atom is -0.292 e. The van der Waals surface area contributed by atoms with Crippen LogP contribution in [0.4, 0.5) is 0 Å². The molecule has 0 aliphatic heterocycles.